The van der Waals surface area contributed by atoms with Gasteiger partial charge in [0.1, 0.15) is 0 Å². The number of hydrogen-bond donors (Lipinski definition) is 0. The molecule has 0 aliphatic heterocycles. The van der Waals surface area contributed by atoms with Crippen molar-refractivity contribution in [3.8, 4) is 0 Å². The van der Waals surface area contributed by atoms with Gasteiger partial charge in [0.2, 0.25) is 0 Å². The van der Waals surface area contributed by atoms with E-state index in [0.717, 1.165) is 5.56 Å². The van der Waals surface area contributed by atoms with Crippen LogP contribution in [0.4, 0.5) is 5.69 Å². The zero-order valence-electron chi connectivity index (χ0n) is 12.1. The molecule has 0 fully saturated rings. The molecule has 0 aliphatic carbocycles. The van der Waals surface area contributed by atoms with E-state index >= 15 is 0 Å². The SMILES string of the molecule is C[C@@H](c1cccc(Cl)c1)n1c(=O)cnc2cc([N+](=O)[O-])ccc21. The fourth-order valence-electron chi connectivity index (χ4n) is 2.55. The number of hydrogen-bond acceptors (Lipinski definition) is 4. The molecule has 1 atom stereocenters. The Hall–Kier alpha value is -2.73. The maximum absolute atomic E-state index is 12.3. The second-order valence-corrected chi connectivity index (χ2v) is 5.56. The minimum absolute atomic E-state index is 0.0643. The monoisotopic (exact) mass is 329 g/mol. The Morgan fingerprint density at radius 1 is 1.26 bits per heavy atom. The molecule has 0 saturated heterocycles. The number of aromatic nitrogens is 2. The van der Waals surface area contributed by atoms with Crippen LogP contribution in [0.5, 0.6) is 0 Å². The lowest BCUT2D eigenvalue weighted by molar-refractivity contribution is -0.384. The van der Waals surface area contributed by atoms with Gasteiger partial charge in [-0.05, 0) is 30.7 Å². The van der Waals surface area contributed by atoms with Gasteiger partial charge >= 0.3 is 0 Å². The second-order valence-electron chi connectivity index (χ2n) is 5.13. The molecule has 1 heterocycles. The van der Waals surface area contributed by atoms with E-state index in [1.807, 2.05) is 19.1 Å². The summed E-state index contributed by atoms with van der Waals surface area (Å²) in [4.78, 5) is 26.7. The summed E-state index contributed by atoms with van der Waals surface area (Å²) in [7, 11) is 0. The zero-order valence-corrected chi connectivity index (χ0v) is 12.9. The van der Waals surface area contributed by atoms with Crippen molar-refractivity contribution in [3.63, 3.8) is 0 Å². The first-order chi connectivity index (χ1) is 11.0. The van der Waals surface area contributed by atoms with Crippen molar-refractivity contribution in [2.24, 2.45) is 0 Å². The molecular formula is C16H12ClN3O3. The van der Waals surface area contributed by atoms with Crippen molar-refractivity contribution in [1.29, 1.82) is 0 Å². The molecule has 3 aromatic rings. The Morgan fingerprint density at radius 3 is 2.74 bits per heavy atom. The highest BCUT2D eigenvalue weighted by Gasteiger charge is 2.15. The zero-order chi connectivity index (χ0) is 16.6. The summed E-state index contributed by atoms with van der Waals surface area (Å²) < 4.78 is 1.55. The third-order valence-electron chi connectivity index (χ3n) is 3.70. The summed E-state index contributed by atoms with van der Waals surface area (Å²) >= 11 is 6.02. The molecule has 0 radical (unpaired) electrons. The summed E-state index contributed by atoms with van der Waals surface area (Å²) in [5, 5.41) is 11.5. The third-order valence-corrected chi connectivity index (χ3v) is 3.93. The van der Waals surface area contributed by atoms with Crippen LogP contribution in [0.1, 0.15) is 18.5 Å². The molecule has 0 unspecified atom stereocenters. The average Bonchev–Trinajstić information content (AvgIpc) is 2.53. The Morgan fingerprint density at radius 2 is 2.04 bits per heavy atom. The molecule has 0 amide bonds. The molecule has 7 heteroatoms. The standard InChI is InChI=1S/C16H12ClN3O3/c1-10(11-3-2-4-12(17)7-11)19-15-6-5-13(20(22)23)8-14(15)18-9-16(19)21/h2-10H,1H3/t10-/m0/s1. The van der Waals surface area contributed by atoms with Gasteiger partial charge in [-0.25, -0.2) is 4.98 Å². The molecule has 116 valence electrons. The number of benzene rings is 2. The molecule has 3 rings (SSSR count). The molecular weight excluding hydrogens is 318 g/mol. The van der Waals surface area contributed by atoms with Crippen molar-refractivity contribution in [2.75, 3.05) is 0 Å². The van der Waals surface area contributed by atoms with Gasteiger partial charge in [0, 0.05) is 17.2 Å². The Balaban J connectivity index is 2.22. The molecule has 0 N–H and O–H groups in total. The molecule has 2 aromatic carbocycles. The predicted molar refractivity (Wildman–Crippen MR) is 87.9 cm³/mol. The number of fused-ring (bicyclic) bond motifs is 1. The lowest BCUT2D eigenvalue weighted by Gasteiger charge is -2.18. The fourth-order valence-corrected chi connectivity index (χ4v) is 2.75. The lowest BCUT2D eigenvalue weighted by atomic mass is 10.1. The minimum Gasteiger partial charge on any atom is -0.298 e. The quantitative estimate of drug-likeness (QED) is 0.543. The van der Waals surface area contributed by atoms with Crippen molar-refractivity contribution < 1.29 is 4.92 Å². The number of rotatable bonds is 3. The number of nitro benzene ring substituents is 1. The van der Waals surface area contributed by atoms with Crippen molar-refractivity contribution in [1.82, 2.24) is 9.55 Å². The van der Waals surface area contributed by atoms with Gasteiger partial charge in [-0.2, -0.15) is 0 Å². The average molecular weight is 330 g/mol. The van der Waals surface area contributed by atoms with Crippen LogP contribution in [-0.2, 0) is 0 Å². The number of nitrogens with zero attached hydrogens (tertiary/aromatic N) is 3. The van der Waals surface area contributed by atoms with E-state index in [1.165, 1.54) is 18.3 Å². The molecule has 6 nitrogen and oxygen atoms in total. The first-order valence-corrected chi connectivity index (χ1v) is 7.26. The molecule has 0 aliphatic rings. The summed E-state index contributed by atoms with van der Waals surface area (Å²) in [6.45, 7) is 1.87. The molecule has 1 aromatic heterocycles. The van der Waals surface area contributed by atoms with Crippen molar-refractivity contribution in [3.05, 3.63) is 79.7 Å². The van der Waals surface area contributed by atoms with Gasteiger partial charge < -0.3 is 0 Å². The van der Waals surface area contributed by atoms with Gasteiger partial charge in [-0.1, -0.05) is 23.7 Å². The maximum Gasteiger partial charge on any atom is 0.271 e. The molecule has 0 saturated carbocycles. The minimum atomic E-state index is -0.489. The van der Waals surface area contributed by atoms with Crippen LogP contribution in [0.3, 0.4) is 0 Å². The van der Waals surface area contributed by atoms with Gasteiger partial charge in [-0.3, -0.25) is 19.5 Å². The van der Waals surface area contributed by atoms with Gasteiger partial charge in [0.05, 0.1) is 28.2 Å². The molecule has 23 heavy (non-hydrogen) atoms. The summed E-state index contributed by atoms with van der Waals surface area (Å²) in [5.41, 5.74) is 1.46. The normalized spacial score (nSPS) is 12.3. The summed E-state index contributed by atoms with van der Waals surface area (Å²) in [6, 6.07) is 11.2. The van der Waals surface area contributed by atoms with Crippen LogP contribution >= 0.6 is 11.6 Å². The highest BCUT2D eigenvalue weighted by Crippen LogP contribution is 2.24. The van der Waals surface area contributed by atoms with Crippen LogP contribution in [0.15, 0.2) is 53.5 Å². The Labute approximate surface area is 136 Å². The van der Waals surface area contributed by atoms with Crippen LogP contribution in [-0.4, -0.2) is 14.5 Å². The van der Waals surface area contributed by atoms with Crippen LogP contribution in [0, 0.1) is 10.1 Å². The summed E-state index contributed by atoms with van der Waals surface area (Å²) in [6.07, 6.45) is 1.17. The summed E-state index contributed by atoms with van der Waals surface area (Å²) in [5.74, 6) is 0. The topological polar surface area (TPSA) is 78.0 Å². The number of nitro groups is 1. The van der Waals surface area contributed by atoms with Gasteiger partial charge in [-0.15, -0.1) is 0 Å². The smallest absolute Gasteiger partial charge is 0.271 e. The number of non-ortho nitro benzene ring substituents is 1. The van der Waals surface area contributed by atoms with E-state index in [-0.39, 0.29) is 17.3 Å². The second kappa shape index (κ2) is 5.81. The highest BCUT2D eigenvalue weighted by molar-refractivity contribution is 6.30. The largest absolute Gasteiger partial charge is 0.298 e. The van der Waals surface area contributed by atoms with E-state index in [4.69, 9.17) is 11.6 Å². The van der Waals surface area contributed by atoms with Crippen molar-refractivity contribution >= 4 is 28.3 Å². The van der Waals surface area contributed by atoms with Gasteiger partial charge in [0.25, 0.3) is 11.2 Å². The Bertz CT molecular complexity index is 968. The first-order valence-electron chi connectivity index (χ1n) is 6.88. The maximum atomic E-state index is 12.3. The highest BCUT2D eigenvalue weighted by atomic mass is 35.5. The molecule has 0 bridgehead atoms. The number of halogens is 1. The third kappa shape index (κ3) is 2.80. The van der Waals surface area contributed by atoms with E-state index in [2.05, 4.69) is 4.98 Å². The first kappa shape index (κ1) is 15.2. The van der Waals surface area contributed by atoms with Crippen LogP contribution in [0.2, 0.25) is 5.02 Å². The predicted octanol–water partition coefficient (Wildman–Crippen LogP) is 3.57. The van der Waals surface area contributed by atoms with E-state index < -0.39 is 4.92 Å². The van der Waals surface area contributed by atoms with Crippen LogP contribution < -0.4 is 5.56 Å². The van der Waals surface area contributed by atoms with Crippen molar-refractivity contribution in [2.45, 2.75) is 13.0 Å². The van der Waals surface area contributed by atoms with E-state index in [0.29, 0.717) is 16.1 Å². The molecule has 0 spiro atoms. The van der Waals surface area contributed by atoms with E-state index in [9.17, 15) is 14.9 Å². The van der Waals surface area contributed by atoms with Gasteiger partial charge in [0.15, 0.2) is 0 Å². The fraction of sp³-hybridized carbons (Fsp3) is 0.125. The Kier molecular flexibility index (Phi) is 3.83. The lowest BCUT2D eigenvalue weighted by Crippen LogP contribution is -2.24. The van der Waals surface area contributed by atoms with E-state index in [1.54, 1.807) is 22.8 Å². The van der Waals surface area contributed by atoms with Crippen LogP contribution in [0.25, 0.3) is 11.0 Å².